The van der Waals surface area contributed by atoms with Crippen LogP contribution in [0.1, 0.15) is 23.6 Å². The lowest BCUT2D eigenvalue weighted by atomic mass is 10.1. The maximum atomic E-state index is 11.8. The number of carbonyl (C=O) groups is 2. The summed E-state index contributed by atoms with van der Waals surface area (Å²) in [5, 5.41) is 2.71. The third kappa shape index (κ3) is 4.76. The highest BCUT2D eigenvalue weighted by Crippen LogP contribution is 2.15. The first-order valence-electron chi connectivity index (χ1n) is 6.75. The average molecular weight is 283 g/mol. The maximum absolute atomic E-state index is 11.8. The van der Waals surface area contributed by atoms with E-state index in [0.717, 1.165) is 17.4 Å². The molecule has 0 spiro atoms. The van der Waals surface area contributed by atoms with Crippen molar-refractivity contribution in [3.63, 3.8) is 0 Å². The van der Waals surface area contributed by atoms with Gasteiger partial charge in [0.25, 0.3) is 0 Å². The lowest BCUT2D eigenvalue weighted by Crippen LogP contribution is -2.29. The Morgan fingerprint density at radius 1 is 1.05 bits per heavy atom. The number of ether oxygens (including phenoxy) is 1. The van der Waals surface area contributed by atoms with E-state index >= 15 is 0 Å². The predicted octanol–water partition coefficient (Wildman–Crippen LogP) is 3.24. The Kier molecular flexibility index (Phi) is 5.52. The Hall–Kier alpha value is -2.62. The zero-order chi connectivity index (χ0) is 14.9. The van der Waals surface area contributed by atoms with Crippen molar-refractivity contribution in [2.75, 3.05) is 0 Å². The van der Waals surface area contributed by atoms with Gasteiger partial charge >= 0.3 is 6.09 Å². The molecule has 4 heteroatoms. The van der Waals surface area contributed by atoms with Gasteiger partial charge in [-0.3, -0.25) is 0 Å². The first-order valence-corrected chi connectivity index (χ1v) is 6.75. The molecule has 2 aromatic carbocycles. The molecule has 0 saturated heterocycles. The molecule has 1 amide bonds. The lowest BCUT2D eigenvalue weighted by Gasteiger charge is -2.16. The molecule has 1 atom stereocenters. The SMILES string of the molecule is O=CC[C@H](NC(=O)OCc1ccccc1)c1ccccc1. The van der Waals surface area contributed by atoms with Crippen LogP contribution in [0, 0.1) is 0 Å². The van der Waals surface area contributed by atoms with Crippen LogP contribution in [0.5, 0.6) is 0 Å². The summed E-state index contributed by atoms with van der Waals surface area (Å²) in [6.07, 6.45) is 0.467. The Morgan fingerprint density at radius 2 is 1.67 bits per heavy atom. The van der Waals surface area contributed by atoms with Gasteiger partial charge in [-0.2, -0.15) is 0 Å². The van der Waals surface area contributed by atoms with Gasteiger partial charge < -0.3 is 14.8 Å². The molecular weight excluding hydrogens is 266 g/mol. The topological polar surface area (TPSA) is 55.4 Å². The quantitative estimate of drug-likeness (QED) is 0.828. The van der Waals surface area contributed by atoms with Gasteiger partial charge in [0.1, 0.15) is 12.9 Å². The summed E-state index contributed by atoms with van der Waals surface area (Å²) in [6.45, 7) is 0.204. The smallest absolute Gasteiger partial charge is 0.407 e. The van der Waals surface area contributed by atoms with Crippen LogP contribution in [0.4, 0.5) is 4.79 Å². The second-order valence-corrected chi connectivity index (χ2v) is 4.57. The largest absolute Gasteiger partial charge is 0.445 e. The minimum Gasteiger partial charge on any atom is -0.445 e. The van der Waals surface area contributed by atoms with Crippen molar-refractivity contribution in [1.82, 2.24) is 5.32 Å². The molecule has 0 unspecified atom stereocenters. The van der Waals surface area contributed by atoms with E-state index in [2.05, 4.69) is 5.32 Å². The summed E-state index contributed by atoms with van der Waals surface area (Å²) < 4.78 is 5.16. The molecule has 0 aromatic heterocycles. The third-order valence-corrected chi connectivity index (χ3v) is 3.04. The van der Waals surface area contributed by atoms with Gasteiger partial charge in [-0.1, -0.05) is 60.7 Å². The fourth-order valence-corrected chi connectivity index (χ4v) is 1.97. The van der Waals surface area contributed by atoms with E-state index in [9.17, 15) is 9.59 Å². The Balaban J connectivity index is 1.91. The Bertz CT molecular complexity index is 569. The summed E-state index contributed by atoms with van der Waals surface area (Å²) >= 11 is 0. The molecular formula is C17H17NO3. The van der Waals surface area contributed by atoms with E-state index in [-0.39, 0.29) is 19.1 Å². The van der Waals surface area contributed by atoms with E-state index < -0.39 is 6.09 Å². The van der Waals surface area contributed by atoms with Gasteiger partial charge in [0.2, 0.25) is 0 Å². The second kappa shape index (κ2) is 7.85. The monoisotopic (exact) mass is 283 g/mol. The molecule has 0 aliphatic heterocycles. The summed E-state index contributed by atoms with van der Waals surface area (Å²) in [7, 11) is 0. The molecule has 4 nitrogen and oxygen atoms in total. The van der Waals surface area contributed by atoms with E-state index in [1.54, 1.807) is 0 Å². The van der Waals surface area contributed by atoms with E-state index in [0.29, 0.717) is 0 Å². The normalized spacial score (nSPS) is 11.4. The summed E-state index contributed by atoms with van der Waals surface area (Å²) in [4.78, 5) is 22.6. The molecule has 1 N–H and O–H groups in total. The number of rotatable bonds is 6. The molecule has 0 radical (unpaired) electrons. The molecule has 108 valence electrons. The molecule has 0 bridgehead atoms. The second-order valence-electron chi connectivity index (χ2n) is 4.57. The lowest BCUT2D eigenvalue weighted by molar-refractivity contribution is -0.108. The van der Waals surface area contributed by atoms with E-state index in [4.69, 9.17) is 4.74 Å². The summed E-state index contributed by atoms with van der Waals surface area (Å²) in [6, 6.07) is 18.4. The number of hydrogen-bond acceptors (Lipinski definition) is 3. The molecule has 0 fully saturated rings. The van der Waals surface area contributed by atoms with Crippen molar-refractivity contribution in [2.24, 2.45) is 0 Å². The number of amides is 1. The van der Waals surface area contributed by atoms with Gasteiger partial charge in [0.05, 0.1) is 6.04 Å². The van der Waals surface area contributed by atoms with Crippen molar-refractivity contribution < 1.29 is 14.3 Å². The van der Waals surface area contributed by atoms with E-state index in [1.807, 2.05) is 60.7 Å². The van der Waals surface area contributed by atoms with Gasteiger partial charge in [-0.05, 0) is 11.1 Å². The minimum absolute atomic E-state index is 0.204. The first-order chi connectivity index (χ1) is 10.3. The fourth-order valence-electron chi connectivity index (χ4n) is 1.97. The molecule has 0 saturated carbocycles. The van der Waals surface area contributed by atoms with E-state index in [1.165, 1.54) is 0 Å². The predicted molar refractivity (Wildman–Crippen MR) is 79.6 cm³/mol. The number of alkyl carbamates (subject to hydrolysis) is 1. The highest BCUT2D eigenvalue weighted by Gasteiger charge is 2.14. The average Bonchev–Trinajstić information content (AvgIpc) is 2.54. The zero-order valence-electron chi connectivity index (χ0n) is 11.6. The Labute approximate surface area is 123 Å². The van der Waals surface area contributed by atoms with Gasteiger partial charge in [0.15, 0.2) is 0 Å². The van der Waals surface area contributed by atoms with Crippen LogP contribution in [0.15, 0.2) is 60.7 Å². The molecule has 0 aliphatic carbocycles. The van der Waals surface area contributed by atoms with Crippen molar-refractivity contribution in [3.05, 3.63) is 71.8 Å². The summed E-state index contributed by atoms with van der Waals surface area (Å²) in [5.74, 6) is 0. The van der Waals surface area contributed by atoms with Gasteiger partial charge in [-0.25, -0.2) is 4.79 Å². The van der Waals surface area contributed by atoms with Crippen LogP contribution < -0.4 is 5.32 Å². The highest BCUT2D eigenvalue weighted by atomic mass is 16.5. The number of nitrogens with one attached hydrogen (secondary N) is 1. The van der Waals surface area contributed by atoms with Crippen molar-refractivity contribution in [2.45, 2.75) is 19.1 Å². The number of aldehydes is 1. The molecule has 0 heterocycles. The van der Waals surface area contributed by atoms with Crippen molar-refractivity contribution in [3.8, 4) is 0 Å². The zero-order valence-corrected chi connectivity index (χ0v) is 11.6. The number of benzene rings is 2. The first kappa shape index (κ1) is 14.8. The third-order valence-electron chi connectivity index (χ3n) is 3.04. The molecule has 21 heavy (non-hydrogen) atoms. The van der Waals surface area contributed by atoms with Crippen LogP contribution >= 0.6 is 0 Å². The van der Waals surface area contributed by atoms with Crippen LogP contribution in [0.2, 0.25) is 0 Å². The van der Waals surface area contributed by atoms with Crippen LogP contribution in [-0.2, 0) is 16.1 Å². The maximum Gasteiger partial charge on any atom is 0.407 e. The van der Waals surface area contributed by atoms with Gasteiger partial charge in [-0.15, -0.1) is 0 Å². The van der Waals surface area contributed by atoms with Crippen molar-refractivity contribution in [1.29, 1.82) is 0 Å². The Morgan fingerprint density at radius 3 is 2.29 bits per heavy atom. The van der Waals surface area contributed by atoms with Crippen LogP contribution in [0.3, 0.4) is 0 Å². The number of carbonyl (C=O) groups excluding carboxylic acids is 2. The molecule has 0 aliphatic rings. The minimum atomic E-state index is -0.533. The summed E-state index contributed by atoms with van der Waals surface area (Å²) in [5.41, 5.74) is 1.79. The highest BCUT2D eigenvalue weighted by molar-refractivity contribution is 5.68. The van der Waals surface area contributed by atoms with Crippen LogP contribution in [0.25, 0.3) is 0 Å². The van der Waals surface area contributed by atoms with Crippen LogP contribution in [-0.4, -0.2) is 12.4 Å². The standard InChI is InChI=1S/C17H17NO3/c19-12-11-16(15-9-5-2-6-10-15)18-17(20)21-13-14-7-3-1-4-8-14/h1-10,12,16H,11,13H2,(H,18,20)/t16-/m0/s1. The van der Waals surface area contributed by atoms with Gasteiger partial charge in [0, 0.05) is 6.42 Å². The molecule has 2 aromatic rings. The fraction of sp³-hybridized carbons (Fsp3) is 0.176. The number of hydrogen-bond donors (Lipinski definition) is 1. The van der Waals surface area contributed by atoms with Crippen molar-refractivity contribution >= 4 is 12.4 Å². The molecule has 2 rings (SSSR count).